The van der Waals surface area contributed by atoms with Crippen molar-refractivity contribution in [2.75, 3.05) is 47.4 Å². The third-order valence-corrected chi connectivity index (χ3v) is 3.86. The minimum atomic E-state index is 0.857. The Kier molecular flexibility index (Phi) is 7.84. The van der Waals surface area contributed by atoms with Gasteiger partial charge in [-0.3, -0.25) is 0 Å². The van der Waals surface area contributed by atoms with Gasteiger partial charge in [0, 0.05) is 46.1 Å². The van der Waals surface area contributed by atoms with Crippen LogP contribution >= 0.6 is 0 Å². The summed E-state index contributed by atoms with van der Waals surface area (Å²) in [5.74, 6) is 0. The molecule has 0 aromatic rings. The van der Waals surface area contributed by atoms with Gasteiger partial charge in [-0.15, -0.1) is 0 Å². The summed E-state index contributed by atoms with van der Waals surface area (Å²) in [6, 6.07) is 0. The Balaban J connectivity index is 2.26. The highest BCUT2D eigenvalue weighted by molar-refractivity contribution is 5.22. The highest BCUT2D eigenvalue weighted by Gasteiger charge is 2.09. The maximum absolute atomic E-state index is 5.08. The lowest BCUT2D eigenvalue weighted by Crippen LogP contribution is -2.31. The fourth-order valence-corrected chi connectivity index (χ4v) is 2.34. The molecule has 3 heteroatoms. The molecule has 0 aromatic carbocycles. The molecule has 0 unspecified atom stereocenters. The van der Waals surface area contributed by atoms with E-state index in [0.29, 0.717) is 0 Å². The Morgan fingerprint density at radius 1 is 1.11 bits per heavy atom. The van der Waals surface area contributed by atoms with Crippen LogP contribution in [-0.2, 0) is 4.74 Å². The lowest BCUT2D eigenvalue weighted by Gasteiger charge is -2.27. The van der Waals surface area contributed by atoms with Crippen LogP contribution in [0.4, 0.5) is 0 Å². The van der Waals surface area contributed by atoms with E-state index in [2.05, 4.69) is 43.0 Å². The van der Waals surface area contributed by atoms with Crippen molar-refractivity contribution in [2.24, 2.45) is 0 Å². The Bertz CT molecular complexity index is 310. The van der Waals surface area contributed by atoms with Gasteiger partial charge in [0.25, 0.3) is 0 Å². The first-order valence-electron chi connectivity index (χ1n) is 7.44. The molecule has 1 aliphatic carbocycles. The summed E-state index contributed by atoms with van der Waals surface area (Å²) in [5, 5.41) is 0. The molecular weight excluding hydrogens is 236 g/mol. The Morgan fingerprint density at radius 3 is 2.47 bits per heavy atom. The summed E-state index contributed by atoms with van der Waals surface area (Å²) in [5.41, 5.74) is 3.05. The molecule has 0 atom stereocenters. The Labute approximate surface area is 118 Å². The molecule has 0 saturated carbocycles. The van der Waals surface area contributed by atoms with Crippen LogP contribution in [-0.4, -0.2) is 57.2 Å². The predicted octanol–water partition coefficient (Wildman–Crippen LogP) is 2.90. The largest absolute Gasteiger partial charge is 0.385 e. The van der Waals surface area contributed by atoms with Gasteiger partial charge < -0.3 is 14.5 Å². The van der Waals surface area contributed by atoms with Crippen molar-refractivity contribution in [3.8, 4) is 0 Å². The van der Waals surface area contributed by atoms with Gasteiger partial charge in [0.2, 0.25) is 0 Å². The van der Waals surface area contributed by atoms with E-state index in [9.17, 15) is 0 Å². The van der Waals surface area contributed by atoms with E-state index in [-0.39, 0.29) is 0 Å². The van der Waals surface area contributed by atoms with Crippen molar-refractivity contribution >= 4 is 0 Å². The second kappa shape index (κ2) is 9.16. The molecule has 0 fully saturated rings. The lowest BCUT2D eigenvalue weighted by atomic mass is 10.00. The molecule has 1 rings (SSSR count). The molecule has 110 valence electrons. The first kappa shape index (κ1) is 16.3. The lowest BCUT2D eigenvalue weighted by molar-refractivity contribution is 0.176. The van der Waals surface area contributed by atoms with E-state index < -0.39 is 0 Å². The van der Waals surface area contributed by atoms with Gasteiger partial charge in [-0.05, 0) is 38.8 Å². The number of nitrogens with zero attached hydrogens (tertiary/aromatic N) is 2. The first-order valence-corrected chi connectivity index (χ1v) is 7.44. The van der Waals surface area contributed by atoms with E-state index >= 15 is 0 Å². The second-order valence-corrected chi connectivity index (χ2v) is 5.41. The van der Waals surface area contributed by atoms with Gasteiger partial charge in [-0.1, -0.05) is 18.6 Å². The van der Waals surface area contributed by atoms with Crippen LogP contribution < -0.4 is 0 Å². The van der Waals surface area contributed by atoms with Crippen LogP contribution in [0, 0.1) is 0 Å². The number of rotatable bonds is 9. The maximum atomic E-state index is 5.08. The number of methoxy groups -OCH3 is 1. The normalized spacial score (nSPS) is 15.4. The summed E-state index contributed by atoms with van der Waals surface area (Å²) in [6.07, 6.45) is 9.34. The highest BCUT2D eigenvalue weighted by Crippen LogP contribution is 2.21. The third-order valence-electron chi connectivity index (χ3n) is 3.86. The maximum Gasteiger partial charge on any atom is 0.0474 e. The number of hydrogen-bond acceptors (Lipinski definition) is 3. The van der Waals surface area contributed by atoms with Crippen LogP contribution in [0.3, 0.4) is 0 Å². The zero-order valence-corrected chi connectivity index (χ0v) is 13.1. The van der Waals surface area contributed by atoms with Gasteiger partial charge in [-0.25, -0.2) is 0 Å². The molecule has 0 amide bonds. The van der Waals surface area contributed by atoms with Crippen LogP contribution in [0.2, 0.25) is 0 Å². The molecule has 0 aliphatic heterocycles. The highest BCUT2D eigenvalue weighted by atomic mass is 16.5. The Morgan fingerprint density at radius 2 is 1.89 bits per heavy atom. The van der Waals surface area contributed by atoms with Gasteiger partial charge in [0.15, 0.2) is 0 Å². The van der Waals surface area contributed by atoms with Crippen molar-refractivity contribution in [1.82, 2.24) is 9.80 Å². The summed E-state index contributed by atoms with van der Waals surface area (Å²) in [4.78, 5) is 4.78. The third kappa shape index (κ3) is 6.26. The number of likely N-dealkylation sites (N-methyl/N-ethyl adjacent to an activating group) is 2. The molecule has 0 heterocycles. The summed E-state index contributed by atoms with van der Waals surface area (Å²) < 4.78 is 5.08. The number of allylic oxidation sites excluding steroid dienone is 4. The Hall–Kier alpha value is -0.800. The van der Waals surface area contributed by atoms with Gasteiger partial charge >= 0.3 is 0 Å². The molecule has 0 aromatic heterocycles. The molecular formula is C16H30N2O. The SMILES string of the molecule is CCC1=CC=C(N(C)CCN(C)CCCOC)CC1. The van der Waals surface area contributed by atoms with Crippen molar-refractivity contribution in [3.05, 3.63) is 23.4 Å². The standard InChI is InChI=1S/C16H30N2O/c1-5-15-7-9-16(10-8-15)18(3)13-12-17(2)11-6-14-19-4/h7,9H,5-6,8,10-14H2,1-4H3. The fraction of sp³-hybridized carbons (Fsp3) is 0.750. The second-order valence-electron chi connectivity index (χ2n) is 5.41. The van der Waals surface area contributed by atoms with Gasteiger partial charge in [-0.2, -0.15) is 0 Å². The topological polar surface area (TPSA) is 15.7 Å². The summed E-state index contributed by atoms with van der Waals surface area (Å²) >= 11 is 0. The van der Waals surface area contributed by atoms with Crippen LogP contribution in [0.5, 0.6) is 0 Å². The quantitative estimate of drug-likeness (QED) is 0.597. The molecule has 3 nitrogen and oxygen atoms in total. The summed E-state index contributed by atoms with van der Waals surface area (Å²) in [6.45, 7) is 6.42. The van der Waals surface area contributed by atoms with Gasteiger partial charge in [0.05, 0.1) is 0 Å². The molecule has 1 aliphatic rings. The van der Waals surface area contributed by atoms with E-state index in [1.807, 2.05) is 0 Å². The number of hydrogen-bond donors (Lipinski definition) is 0. The predicted molar refractivity (Wildman–Crippen MR) is 82.3 cm³/mol. The average molecular weight is 266 g/mol. The number of ether oxygens (including phenoxy) is 1. The molecule has 0 spiro atoms. The average Bonchev–Trinajstić information content (AvgIpc) is 2.45. The van der Waals surface area contributed by atoms with Crippen molar-refractivity contribution in [3.63, 3.8) is 0 Å². The molecule has 0 bridgehead atoms. The van der Waals surface area contributed by atoms with Crippen molar-refractivity contribution in [2.45, 2.75) is 32.6 Å². The van der Waals surface area contributed by atoms with E-state index in [1.165, 1.54) is 25.0 Å². The smallest absolute Gasteiger partial charge is 0.0474 e. The fourth-order valence-electron chi connectivity index (χ4n) is 2.34. The molecule has 0 radical (unpaired) electrons. The first-order chi connectivity index (χ1) is 9.17. The minimum absolute atomic E-state index is 0.857. The van der Waals surface area contributed by atoms with Crippen LogP contribution in [0.15, 0.2) is 23.4 Å². The minimum Gasteiger partial charge on any atom is -0.385 e. The van der Waals surface area contributed by atoms with E-state index in [4.69, 9.17) is 4.74 Å². The van der Waals surface area contributed by atoms with Crippen LogP contribution in [0.25, 0.3) is 0 Å². The molecule has 0 N–H and O–H groups in total. The molecule has 19 heavy (non-hydrogen) atoms. The zero-order chi connectivity index (χ0) is 14.1. The van der Waals surface area contributed by atoms with Crippen molar-refractivity contribution in [1.29, 1.82) is 0 Å². The van der Waals surface area contributed by atoms with Gasteiger partial charge in [0.1, 0.15) is 0 Å². The van der Waals surface area contributed by atoms with Crippen molar-refractivity contribution < 1.29 is 4.74 Å². The monoisotopic (exact) mass is 266 g/mol. The summed E-state index contributed by atoms with van der Waals surface area (Å²) in [7, 11) is 6.16. The zero-order valence-electron chi connectivity index (χ0n) is 13.1. The van der Waals surface area contributed by atoms with E-state index in [1.54, 1.807) is 12.7 Å². The molecule has 0 saturated heterocycles. The van der Waals surface area contributed by atoms with E-state index in [0.717, 1.165) is 32.7 Å². The van der Waals surface area contributed by atoms with Crippen LogP contribution in [0.1, 0.15) is 32.6 Å².